The van der Waals surface area contributed by atoms with E-state index in [1.54, 1.807) is 30.3 Å². The third-order valence-corrected chi connectivity index (χ3v) is 8.22. The summed E-state index contributed by atoms with van der Waals surface area (Å²) in [5.41, 5.74) is 3.70. The maximum Gasteiger partial charge on any atom is 0.339 e. The van der Waals surface area contributed by atoms with Gasteiger partial charge in [0, 0.05) is 23.1 Å². The number of carbonyl (C=O) groups excluding carboxylic acids is 1. The first-order chi connectivity index (χ1) is 17.0. The number of anilines is 3. The summed E-state index contributed by atoms with van der Waals surface area (Å²) in [6, 6.07) is 18.5. The lowest BCUT2D eigenvalue weighted by molar-refractivity contribution is -0.00518. The molecule has 0 spiro atoms. The largest absolute Gasteiger partial charge is 0.478 e. The first kappa shape index (κ1) is 21.8. The molecule has 0 radical (unpaired) electrons. The van der Waals surface area contributed by atoms with E-state index in [2.05, 4.69) is 27.8 Å². The molecule has 4 fully saturated rings. The van der Waals surface area contributed by atoms with E-state index in [0.29, 0.717) is 16.7 Å². The smallest absolute Gasteiger partial charge is 0.339 e. The van der Waals surface area contributed by atoms with Gasteiger partial charge in [-0.15, -0.1) is 0 Å². The van der Waals surface area contributed by atoms with Crippen molar-refractivity contribution in [1.82, 2.24) is 4.98 Å². The molecule has 0 unspecified atom stereocenters. The van der Waals surface area contributed by atoms with Crippen LogP contribution in [0.15, 0.2) is 66.9 Å². The molecule has 3 aromatic rings. The minimum Gasteiger partial charge on any atom is -0.478 e. The van der Waals surface area contributed by atoms with E-state index >= 15 is 0 Å². The number of rotatable bonds is 6. The summed E-state index contributed by atoms with van der Waals surface area (Å²) in [6.45, 7) is 0. The molecule has 35 heavy (non-hydrogen) atoms. The molecular formula is C29H29N3O3. The molecule has 7 rings (SSSR count). The Morgan fingerprint density at radius 1 is 0.857 bits per heavy atom. The summed E-state index contributed by atoms with van der Waals surface area (Å²) in [5, 5.41) is 15.4. The number of amides is 1. The van der Waals surface area contributed by atoms with Crippen LogP contribution in [0.3, 0.4) is 0 Å². The summed E-state index contributed by atoms with van der Waals surface area (Å²) in [5.74, 6) is 1.66. The number of carboxylic acid groups (broad SMARTS) is 1. The number of aromatic nitrogens is 1. The van der Waals surface area contributed by atoms with Gasteiger partial charge in [-0.05, 0) is 110 Å². The Morgan fingerprint density at radius 3 is 2.20 bits per heavy atom. The van der Waals surface area contributed by atoms with Crippen LogP contribution in [-0.2, 0) is 5.41 Å². The fourth-order valence-electron chi connectivity index (χ4n) is 7.13. The molecule has 3 N–H and O–H groups in total. The molecular weight excluding hydrogens is 438 g/mol. The molecule has 1 aromatic heterocycles. The van der Waals surface area contributed by atoms with Crippen LogP contribution in [0.1, 0.15) is 64.8 Å². The minimum absolute atomic E-state index is 0.0708. The zero-order valence-electron chi connectivity index (χ0n) is 19.5. The Bertz CT molecular complexity index is 1250. The highest BCUT2D eigenvalue weighted by Crippen LogP contribution is 2.60. The topological polar surface area (TPSA) is 91.3 Å². The molecule has 4 aliphatic carbocycles. The molecule has 4 saturated carbocycles. The number of nitrogens with zero attached hydrogens (tertiary/aromatic N) is 1. The number of benzene rings is 2. The lowest BCUT2D eigenvalue weighted by atomic mass is 9.48. The van der Waals surface area contributed by atoms with Gasteiger partial charge in [-0.3, -0.25) is 4.79 Å². The number of pyridine rings is 1. The molecule has 2 aromatic carbocycles. The van der Waals surface area contributed by atoms with Crippen LogP contribution < -0.4 is 10.6 Å². The van der Waals surface area contributed by atoms with Crippen molar-refractivity contribution in [2.45, 2.75) is 43.9 Å². The van der Waals surface area contributed by atoms with Crippen LogP contribution in [0.5, 0.6) is 0 Å². The summed E-state index contributed by atoms with van der Waals surface area (Å²) in [6.07, 6.45) is 9.79. The second-order valence-corrected chi connectivity index (χ2v) is 10.6. The predicted octanol–water partition coefficient (Wildman–Crippen LogP) is 6.24. The number of nitrogens with one attached hydrogen (secondary N) is 2. The third-order valence-electron chi connectivity index (χ3n) is 8.22. The highest BCUT2D eigenvalue weighted by Gasteiger charge is 2.51. The van der Waals surface area contributed by atoms with E-state index in [-0.39, 0.29) is 17.3 Å². The average Bonchev–Trinajstić information content (AvgIpc) is 2.84. The molecule has 0 saturated heterocycles. The van der Waals surface area contributed by atoms with E-state index in [0.717, 1.165) is 23.4 Å². The van der Waals surface area contributed by atoms with Crippen molar-refractivity contribution in [3.63, 3.8) is 0 Å². The molecule has 4 aliphatic rings. The highest BCUT2D eigenvalue weighted by atomic mass is 16.4. The van der Waals surface area contributed by atoms with E-state index in [1.807, 2.05) is 12.1 Å². The van der Waals surface area contributed by atoms with Crippen molar-refractivity contribution in [3.8, 4) is 0 Å². The Morgan fingerprint density at radius 2 is 1.54 bits per heavy atom. The zero-order valence-corrected chi connectivity index (χ0v) is 19.5. The standard InChI is InChI=1S/C29H29N3O3/c33-27(21-3-1-4-24(14-21)31-26-25(28(34)35)5-2-10-30-26)32-23-8-6-22(7-9-23)29-15-18-11-19(16-29)13-20(12-18)17-29/h1-10,14,18-20H,11-13,15-17H2,(H,30,31)(H,32,33)(H,34,35). The fraction of sp³-hybridized carbons (Fsp3) is 0.345. The third kappa shape index (κ3) is 4.18. The number of aromatic carboxylic acids is 1. The first-order valence-electron chi connectivity index (χ1n) is 12.4. The number of carboxylic acids is 1. The van der Waals surface area contributed by atoms with Gasteiger partial charge < -0.3 is 15.7 Å². The average molecular weight is 468 g/mol. The van der Waals surface area contributed by atoms with Crippen LogP contribution >= 0.6 is 0 Å². The predicted molar refractivity (Wildman–Crippen MR) is 135 cm³/mol. The molecule has 1 amide bonds. The van der Waals surface area contributed by atoms with Crippen LogP contribution in [0, 0.1) is 17.8 Å². The SMILES string of the molecule is O=C(Nc1ccc(C23CC4CC(CC(C4)C2)C3)cc1)c1cccc(Nc2ncccc2C(=O)O)c1. The van der Waals surface area contributed by atoms with Crippen molar-refractivity contribution in [2.24, 2.45) is 17.8 Å². The van der Waals surface area contributed by atoms with Crippen molar-refractivity contribution in [1.29, 1.82) is 0 Å². The van der Waals surface area contributed by atoms with Gasteiger partial charge in [-0.2, -0.15) is 0 Å². The Hall–Kier alpha value is -3.67. The molecule has 1 heterocycles. The van der Waals surface area contributed by atoms with Crippen LogP contribution in [0.2, 0.25) is 0 Å². The maximum absolute atomic E-state index is 13.0. The second-order valence-electron chi connectivity index (χ2n) is 10.6. The summed E-state index contributed by atoms with van der Waals surface area (Å²) in [7, 11) is 0. The van der Waals surface area contributed by atoms with Gasteiger partial charge in [0.15, 0.2) is 0 Å². The maximum atomic E-state index is 13.0. The van der Waals surface area contributed by atoms with Crippen molar-refractivity contribution in [2.75, 3.05) is 10.6 Å². The van der Waals surface area contributed by atoms with E-state index in [4.69, 9.17) is 0 Å². The van der Waals surface area contributed by atoms with Gasteiger partial charge >= 0.3 is 5.97 Å². The summed E-state index contributed by atoms with van der Waals surface area (Å²) < 4.78 is 0. The Balaban J connectivity index is 1.16. The zero-order chi connectivity index (χ0) is 24.0. The van der Waals surface area contributed by atoms with Crippen LogP contribution in [-0.4, -0.2) is 22.0 Å². The number of hydrogen-bond acceptors (Lipinski definition) is 4. The lowest BCUT2D eigenvalue weighted by Gasteiger charge is -2.57. The number of carbonyl (C=O) groups is 2. The molecule has 178 valence electrons. The van der Waals surface area contributed by atoms with E-state index < -0.39 is 5.97 Å². The van der Waals surface area contributed by atoms with Gasteiger partial charge in [-0.25, -0.2) is 9.78 Å². The highest BCUT2D eigenvalue weighted by molar-refractivity contribution is 6.05. The van der Waals surface area contributed by atoms with Gasteiger partial charge in [0.2, 0.25) is 0 Å². The van der Waals surface area contributed by atoms with Crippen molar-refractivity contribution < 1.29 is 14.7 Å². The van der Waals surface area contributed by atoms with Gasteiger partial charge in [-0.1, -0.05) is 18.2 Å². The molecule has 6 nitrogen and oxygen atoms in total. The van der Waals surface area contributed by atoms with Crippen LogP contribution in [0.4, 0.5) is 17.2 Å². The number of hydrogen-bond donors (Lipinski definition) is 3. The Kier molecular flexibility index (Phi) is 5.32. The van der Waals surface area contributed by atoms with Crippen molar-refractivity contribution in [3.05, 3.63) is 83.6 Å². The lowest BCUT2D eigenvalue weighted by Crippen LogP contribution is -2.48. The van der Waals surface area contributed by atoms with Gasteiger partial charge in [0.1, 0.15) is 11.4 Å². The van der Waals surface area contributed by atoms with Crippen LogP contribution in [0.25, 0.3) is 0 Å². The summed E-state index contributed by atoms with van der Waals surface area (Å²) in [4.78, 5) is 28.5. The minimum atomic E-state index is -1.06. The van der Waals surface area contributed by atoms with Crippen molar-refractivity contribution >= 4 is 29.1 Å². The van der Waals surface area contributed by atoms with Gasteiger partial charge in [0.25, 0.3) is 5.91 Å². The Labute approximate surface area is 204 Å². The molecule has 0 atom stereocenters. The van der Waals surface area contributed by atoms with E-state index in [9.17, 15) is 14.7 Å². The monoisotopic (exact) mass is 467 g/mol. The second kappa shape index (κ2) is 8.52. The quantitative estimate of drug-likeness (QED) is 0.399. The first-order valence-corrected chi connectivity index (χ1v) is 12.4. The molecule has 4 bridgehead atoms. The fourth-order valence-corrected chi connectivity index (χ4v) is 7.13. The normalized spacial score (nSPS) is 26.3. The van der Waals surface area contributed by atoms with Gasteiger partial charge in [0.05, 0.1) is 0 Å². The molecule has 0 aliphatic heterocycles. The van der Waals surface area contributed by atoms with E-state index in [1.165, 1.54) is 56.4 Å². The molecule has 6 heteroatoms. The summed E-state index contributed by atoms with van der Waals surface area (Å²) >= 11 is 0.